The molecule has 1 unspecified atom stereocenters. The Bertz CT molecular complexity index is 223. The van der Waals surface area contributed by atoms with Crippen molar-refractivity contribution >= 4 is 5.78 Å². The molecule has 2 heteroatoms. The summed E-state index contributed by atoms with van der Waals surface area (Å²) in [5.41, 5.74) is 0. The average molecular weight is 254 g/mol. The largest absolute Gasteiger partial charge is 0.392 e. The Balaban J connectivity index is 3.76. The summed E-state index contributed by atoms with van der Waals surface area (Å²) < 4.78 is 0. The normalized spacial score (nSPS) is 14.2. The van der Waals surface area contributed by atoms with Gasteiger partial charge in [0.25, 0.3) is 0 Å². The molecule has 0 radical (unpaired) electrons. The lowest BCUT2D eigenvalue weighted by Gasteiger charge is -2.20. The predicted octanol–water partition coefficient (Wildman–Crippen LogP) is 4.27. The molecule has 18 heavy (non-hydrogen) atoms. The minimum atomic E-state index is -0.446. The number of Topliss-reactive ketones (excluding diaryl/α,β-unsaturated/α-hetero) is 1. The number of hydrogen-bond acceptors (Lipinski definition) is 2. The van der Waals surface area contributed by atoms with Gasteiger partial charge in [-0.15, -0.1) is 6.58 Å². The molecule has 0 rings (SSSR count). The lowest BCUT2D eigenvalue weighted by molar-refractivity contribution is -0.126. The van der Waals surface area contributed by atoms with Crippen molar-refractivity contribution in [2.24, 2.45) is 5.92 Å². The second-order valence-corrected chi connectivity index (χ2v) is 5.04. The van der Waals surface area contributed by atoms with Gasteiger partial charge in [-0.3, -0.25) is 4.79 Å². The maximum Gasteiger partial charge on any atom is 0.138 e. The molecule has 0 bridgehead atoms. The second-order valence-electron chi connectivity index (χ2n) is 5.04. The molecule has 0 aromatic heterocycles. The summed E-state index contributed by atoms with van der Waals surface area (Å²) in [5, 5.41) is 9.86. The van der Waals surface area contributed by atoms with Crippen LogP contribution in [0, 0.1) is 5.92 Å². The molecule has 106 valence electrons. The molecule has 2 nitrogen and oxygen atoms in total. The Morgan fingerprint density at radius 2 is 1.78 bits per heavy atom. The number of ketones is 1. The van der Waals surface area contributed by atoms with Crippen LogP contribution in [0.1, 0.15) is 71.6 Å². The lowest BCUT2D eigenvalue weighted by Crippen LogP contribution is -2.27. The Labute approximate surface area is 112 Å². The summed E-state index contributed by atoms with van der Waals surface area (Å²) in [6, 6.07) is 0. The van der Waals surface area contributed by atoms with Crippen LogP contribution < -0.4 is 0 Å². The molecule has 0 fully saturated rings. The highest BCUT2D eigenvalue weighted by molar-refractivity contribution is 5.81. The van der Waals surface area contributed by atoms with E-state index in [0.717, 1.165) is 19.3 Å². The van der Waals surface area contributed by atoms with Crippen molar-refractivity contribution in [3.63, 3.8) is 0 Å². The Hall–Kier alpha value is -0.630. The summed E-state index contributed by atoms with van der Waals surface area (Å²) in [6.45, 7) is 7.53. The van der Waals surface area contributed by atoms with Gasteiger partial charge in [-0.2, -0.15) is 0 Å². The third-order valence-electron chi connectivity index (χ3n) is 3.57. The molecule has 2 atom stereocenters. The van der Waals surface area contributed by atoms with Crippen LogP contribution >= 0.6 is 0 Å². The molecule has 0 aliphatic rings. The fourth-order valence-electron chi connectivity index (χ4n) is 2.30. The van der Waals surface area contributed by atoms with E-state index in [-0.39, 0.29) is 11.7 Å². The minimum Gasteiger partial charge on any atom is -0.392 e. The number of rotatable bonds is 12. The van der Waals surface area contributed by atoms with Crippen LogP contribution in [0.5, 0.6) is 0 Å². The van der Waals surface area contributed by atoms with Gasteiger partial charge >= 0.3 is 0 Å². The third-order valence-corrected chi connectivity index (χ3v) is 3.57. The van der Waals surface area contributed by atoms with Gasteiger partial charge in [-0.05, 0) is 25.7 Å². The first-order valence-electron chi connectivity index (χ1n) is 7.49. The van der Waals surface area contributed by atoms with Crippen molar-refractivity contribution in [1.29, 1.82) is 0 Å². The van der Waals surface area contributed by atoms with Crippen LogP contribution in [0.15, 0.2) is 12.7 Å². The molecule has 1 N–H and O–H groups in total. The van der Waals surface area contributed by atoms with E-state index >= 15 is 0 Å². The van der Waals surface area contributed by atoms with Gasteiger partial charge < -0.3 is 5.11 Å². The van der Waals surface area contributed by atoms with Crippen molar-refractivity contribution in [2.75, 3.05) is 0 Å². The first-order valence-corrected chi connectivity index (χ1v) is 7.49. The van der Waals surface area contributed by atoms with Gasteiger partial charge in [0.05, 0.1) is 6.10 Å². The summed E-state index contributed by atoms with van der Waals surface area (Å²) in [6.07, 6.45) is 10.6. The van der Waals surface area contributed by atoms with E-state index in [0.29, 0.717) is 12.8 Å². The molecule has 0 aromatic rings. The van der Waals surface area contributed by atoms with Crippen LogP contribution in [-0.4, -0.2) is 17.0 Å². The fourth-order valence-corrected chi connectivity index (χ4v) is 2.30. The van der Waals surface area contributed by atoms with Gasteiger partial charge in [-0.1, -0.05) is 45.6 Å². The van der Waals surface area contributed by atoms with Crippen LogP contribution in [0.25, 0.3) is 0 Å². The first kappa shape index (κ1) is 17.4. The molecule has 0 aromatic carbocycles. The lowest BCUT2D eigenvalue weighted by atomic mass is 9.88. The van der Waals surface area contributed by atoms with Crippen molar-refractivity contribution in [2.45, 2.75) is 77.7 Å². The van der Waals surface area contributed by atoms with E-state index < -0.39 is 6.10 Å². The fraction of sp³-hybridized carbons (Fsp3) is 0.812. The van der Waals surface area contributed by atoms with Crippen molar-refractivity contribution in [3.8, 4) is 0 Å². The van der Waals surface area contributed by atoms with E-state index in [1.165, 1.54) is 25.7 Å². The zero-order valence-corrected chi connectivity index (χ0v) is 12.2. The molecule has 0 amide bonds. The first-order chi connectivity index (χ1) is 8.67. The highest BCUT2D eigenvalue weighted by Gasteiger charge is 2.23. The molecule has 0 saturated heterocycles. The monoisotopic (exact) mass is 254 g/mol. The SMILES string of the molecule is C=CCCCCCCCC(C(=O)CC)[C@H](O)CC. The number of hydrogen-bond donors (Lipinski definition) is 1. The predicted molar refractivity (Wildman–Crippen MR) is 77.6 cm³/mol. The zero-order valence-electron chi connectivity index (χ0n) is 12.2. The molecular weight excluding hydrogens is 224 g/mol. The molecule has 0 spiro atoms. The molecule has 0 saturated carbocycles. The quantitative estimate of drug-likeness (QED) is 0.417. The van der Waals surface area contributed by atoms with Crippen molar-refractivity contribution in [3.05, 3.63) is 12.7 Å². The van der Waals surface area contributed by atoms with E-state index in [4.69, 9.17) is 0 Å². The zero-order chi connectivity index (χ0) is 13.8. The van der Waals surface area contributed by atoms with Crippen molar-refractivity contribution in [1.82, 2.24) is 0 Å². The maximum atomic E-state index is 11.7. The third kappa shape index (κ3) is 7.65. The number of unbranched alkanes of at least 4 members (excludes halogenated alkanes) is 5. The second kappa shape index (κ2) is 11.5. The summed E-state index contributed by atoms with van der Waals surface area (Å²) in [7, 11) is 0. The average Bonchev–Trinajstić information content (AvgIpc) is 2.40. The maximum absolute atomic E-state index is 11.7. The minimum absolute atomic E-state index is 0.131. The van der Waals surface area contributed by atoms with Gasteiger partial charge in [0.1, 0.15) is 5.78 Å². The van der Waals surface area contributed by atoms with Gasteiger partial charge in [0, 0.05) is 12.3 Å². The number of aliphatic hydroxyl groups excluding tert-OH is 1. The van der Waals surface area contributed by atoms with E-state index in [9.17, 15) is 9.90 Å². The van der Waals surface area contributed by atoms with E-state index in [1.807, 2.05) is 19.9 Å². The van der Waals surface area contributed by atoms with Gasteiger partial charge in [0.2, 0.25) is 0 Å². The topological polar surface area (TPSA) is 37.3 Å². The summed E-state index contributed by atoms with van der Waals surface area (Å²) in [4.78, 5) is 11.7. The van der Waals surface area contributed by atoms with E-state index in [1.54, 1.807) is 0 Å². The van der Waals surface area contributed by atoms with Crippen LogP contribution in [0.3, 0.4) is 0 Å². The molecule has 0 aliphatic carbocycles. The van der Waals surface area contributed by atoms with Crippen molar-refractivity contribution < 1.29 is 9.90 Å². The summed E-state index contributed by atoms with van der Waals surface area (Å²) in [5.74, 6) is 0.0872. The number of aliphatic hydroxyl groups is 1. The van der Waals surface area contributed by atoms with Crippen LogP contribution in [0.2, 0.25) is 0 Å². The van der Waals surface area contributed by atoms with Crippen LogP contribution in [-0.2, 0) is 4.79 Å². The highest BCUT2D eigenvalue weighted by Crippen LogP contribution is 2.19. The Morgan fingerprint density at radius 1 is 1.17 bits per heavy atom. The van der Waals surface area contributed by atoms with E-state index in [2.05, 4.69) is 6.58 Å². The number of carbonyl (C=O) groups is 1. The highest BCUT2D eigenvalue weighted by atomic mass is 16.3. The number of carbonyl (C=O) groups excluding carboxylic acids is 1. The Morgan fingerprint density at radius 3 is 2.33 bits per heavy atom. The number of allylic oxidation sites excluding steroid dienone is 1. The summed E-state index contributed by atoms with van der Waals surface area (Å²) >= 11 is 0. The molecule has 0 heterocycles. The van der Waals surface area contributed by atoms with Gasteiger partial charge in [-0.25, -0.2) is 0 Å². The van der Waals surface area contributed by atoms with Crippen LogP contribution in [0.4, 0.5) is 0 Å². The van der Waals surface area contributed by atoms with Gasteiger partial charge in [0.15, 0.2) is 0 Å². The standard InChI is InChI=1S/C16H30O2/c1-4-7-8-9-10-11-12-13-14(15(17)5-2)16(18)6-3/h4,14-15,17H,1,5-13H2,2-3H3/t14?,15-/m1/s1. The Kier molecular flexibility index (Phi) is 11.1. The molecule has 0 aliphatic heterocycles. The molecular formula is C16H30O2. The smallest absolute Gasteiger partial charge is 0.138 e.